The Balaban J connectivity index is 2.65. The summed E-state index contributed by atoms with van der Waals surface area (Å²) in [6.07, 6.45) is 0. The predicted molar refractivity (Wildman–Crippen MR) is 45.9 cm³/mol. The van der Waals surface area contributed by atoms with Crippen molar-refractivity contribution >= 4 is 11.6 Å². The van der Waals surface area contributed by atoms with Crippen LogP contribution in [0.1, 0.15) is 0 Å². The number of guanidine groups is 1. The van der Waals surface area contributed by atoms with Crippen LogP contribution in [0.5, 0.6) is 0 Å². The van der Waals surface area contributed by atoms with Crippen LogP contribution in [0.15, 0.2) is 35.4 Å². The van der Waals surface area contributed by atoms with Gasteiger partial charge in [-0.1, -0.05) is 18.2 Å². The first-order chi connectivity index (χ1) is 5.33. The molecular formula is C7H10N4. The van der Waals surface area contributed by atoms with Gasteiger partial charge < -0.3 is 16.9 Å². The van der Waals surface area contributed by atoms with E-state index in [9.17, 15) is 0 Å². The van der Waals surface area contributed by atoms with Gasteiger partial charge in [-0.25, -0.2) is 0 Å². The molecule has 1 aromatic rings. The summed E-state index contributed by atoms with van der Waals surface area (Å²) in [5, 5.41) is 6.06. The number of hydrogen-bond acceptors (Lipinski definition) is 2. The zero-order chi connectivity index (χ0) is 8.10. The first kappa shape index (κ1) is 7.40. The average Bonchev–Trinajstić information content (AvgIpc) is 2.06. The molecule has 4 heteroatoms. The van der Waals surface area contributed by atoms with Gasteiger partial charge in [0.25, 0.3) is 0 Å². The van der Waals surface area contributed by atoms with Gasteiger partial charge in [-0.05, 0) is 12.1 Å². The Morgan fingerprint density at radius 2 is 1.91 bits per heavy atom. The maximum atomic E-state index is 5.32. The fourth-order valence-electron chi connectivity index (χ4n) is 0.702. The largest absolute Gasteiger partial charge is 0.368 e. The highest BCUT2D eigenvalue weighted by atomic mass is 15.2. The van der Waals surface area contributed by atoms with Gasteiger partial charge in [0.15, 0.2) is 0 Å². The number of nitrogens with two attached hydrogens (primary N) is 2. The molecule has 0 atom stereocenters. The summed E-state index contributed by atoms with van der Waals surface area (Å²) in [6, 6.07) is 9.45. The molecule has 0 amide bonds. The SMILES string of the molecule is NN=C(N)Nc1ccccc1. The third-order valence-corrected chi connectivity index (χ3v) is 1.19. The summed E-state index contributed by atoms with van der Waals surface area (Å²) in [5.41, 5.74) is 6.19. The van der Waals surface area contributed by atoms with Gasteiger partial charge in [0, 0.05) is 5.69 Å². The molecule has 0 spiro atoms. The molecule has 1 aromatic carbocycles. The van der Waals surface area contributed by atoms with Gasteiger partial charge in [-0.3, -0.25) is 0 Å². The van der Waals surface area contributed by atoms with Crippen molar-refractivity contribution in [3.8, 4) is 0 Å². The van der Waals surface area contributed by atoms with E-state index in [-0.39, 0.29) is 5.96 Å². The van der Waals surface area contributed by atoms with Crippen LogP contribution in [0, 0.1) is 0 Å². The van der Waals surface area contributed by atoms with Crippen molar-refractivity contribution < 1.29 is 0 Å². The second-order valence-corrected chi connectivity index (χ2v) is 2.01. The van der Waals surface area contributed by atoms with Crippen molar-refractivity contribution in [2.24, 2.45) is 16.7 Å². The lowest BCUT2D eigenvalue weighted by Crippen LogP contribution is -2.23. The molecule has 0 saturated carbocycles. The average molecular weight is 150 g/mol. The lowest BCUT2D eigenvalue weighted by molar-refractivity contribution is 1.22. The fourth-order valence-corrected chi connectivity index (χ4v) is 0.702. The number of rotatable bonds is 1. The van der Waals surface area contributed by atoms with Crippen LogP contribution in [-0.2, 0) is 0 Å². The Morgan fingerprint density at radius 3 is 2.45 bits per heavy atom. The van der Waals surface area contributed by atoms with Gasteiger partial charge in [-0.2, -0.15) is 0 Å². The van der Waals surface area contributed by atoms with Crippen LogP contribution in [0.4, 0.5) is 5.69 Å². The first-order valence-corrected chi connectivity index (χ1v) is 3.18. The number of benzene rings is 1. The minimum atomic E-state index is 0.205. The highest BCUT2D eigenvalue weighted by Gasteiger charge is 1.89. The van der Waals surface area contributed by atoms with Gasteiger partial charge in [0.2, 0.25) is 5.96 Å². The summed E-state index contributed by atoms with van der Waals surface area (Å²) >= 11 is 0. The number of nitrogens with one attached hydrogen (secondary N) is 1. The second-order valence-electron chi connectivity index (χ2n) is 2.01. The highest BCUT2D eigenvalue weighted by molar-refractivity contribution is 5.91. The minimum absolute atomic E-state index is 0.205. The van der Waals surface area contributed by atoms with E-state index in [1.807, 2.05) is 30.3 Å². The molecule has 0 bridgehead atoms. The first-order valence-electron chi connectivity index (χ1n) is 3.18. The van der Waals surface area contributed by atoms with Crippen LogP contribution < -0.4 is 16.9 Å². The van der Waals surface area contributed by atoms with Crippen LogP contribution in [-0.4, -0.2) is 5.96 Å². The van der Waals surface area contributed by atoms with E-state index in [2.05, 4.69) is 10.4 Å². The Morgan fingerprint density at radius 1 is 1.27 bits per heavy atom. The quantitative estimate of drug-likeness (QED) is 0.233. The van der Waals surface area contributed by atoms with E-state index in [1.165, 1.54) is 0 Å². The summed E-state index contributed by atoms with van der Waals surface area (Å²) in [7, 11) is 0. The summed E-state index contributed by atoms with van der Waals surface area (Å²) in [4.78, 5) is 0. The highest BCUT2D eigenvalue weighted by Crippen LogP contribution is 2.03. The van der Waals surface area contributed by atoms with E-state index in [0.717, 1.165) is 5.69 Å². The lowest BCUT2D eigenvalue weighted by atomic mass is 10.3. The number of hydrogen-bond donors (Lipinski definition) is 3. The van der Waals surface area contributed by atoms with Crippen molar-refractivity contribution in [3.05, 3.63) is 30.3 Å². The third kappa shape index (κ3) is 2.17. The third-order valence-electron chi connectivity index (χ3n) is 1.19. The molecule has 0 fully saturated rings. The standard InChI is InChI=1S/C7H10N4/c8-7(11-9)10-6-4-2-1-3-5-6/h1-5H,9H2,(H3,8,10,11). The Kier molecular flexibility index (Phi) is 2.32. The number of hydrazone groups is 1. The molecule has 5 N–H and O–H groups in total. The zero-order valence-corrected chi connectivity index (χ0v) is 5.99. The normalized spacial score (nSPS) is 11.1. The van der Waals surface area contributed by atoms with Crippen LogP contribution in [0.2, 0.25) is 0 Å². The molecule has 11 heavy (non-hydrogen) atoms. The molecule has 1 rings (SSSR count). The van der Waals surface area contributed by atoms with Crippen molar-refractivity contribution in [2.45, 2.75) is 0 Å². The lowest BCUT2D eigenvalue weighted by Gasteiger charge is -2.01. The molecule has 0 aliphatic rings. The Hall–Kier alpha value is -1.71. The van der Waals surface area contributed by atoms with E-state index >= 15 is 0 Å². The predicted octanol–water partition coefficient (Wildman–Crippen LogP) is 0.287. The second kappa shape index (κ2) is 3.46. The van der Waals surface area contributed by atoms with Crippen molar-refractivity contribution in [1.82, 2.24) is 0 Å². The molecule has 58 valence electrons. The number of anilines is 1. The summed E-state index contributed by atoms with van der Waals surface area (Å²) in [6.45, 7) is 0. The van der Waals surface area contributed by atoms with E-state index < -0.39 is 0 Å². The topological polar surface area (TPSA) is 76.4 Å². The zero-order valence-electron chi connectivity index (χ0n) is 5.99. The van der Waals surface area contributed by atoms with Crippen molar-refractivity contribution in [3.63, 3.8) is 0 Å². The van der Waals surface area contributed by atoms with Gasteiger partial charge in [-0.15, -0.1) is 5.10 Å². The summed E-state index contributed by atoms with van der Waals surface area (Å²) < 4.78 is 0. The molecule has 0 unspecified atom stereocenters. The van der Waals surface area contributed by atoms with Crippen molar-refractivity contribution in [2.75, 3.05) is 5.32 Å². The molecule has 0 aliphatic heterocycles. The minimum Gasteiger partial charge on any atom is -0.368 e. The van der Waals surface area contributed by atoms with Crippen molar-refractivity contribution in [1.29, 1.82) is 0 Å². The molecular weight excluding hydrogens is 140 g/mol. The molecule has 0 aromatic heterocycles. The summed E-state index contributed by atoms with van der Waals surface area (Å²) in [5.74, 6) is 5.13. The maximum Gasteiger partial charge on any atom is 0.215 e. The molecule has 0 aliphatic carbocycles. The molecule has 0 heterocycles. The van der Waals surface area contributed by atoms with Crippen LogP contribution in [0.25, 0.3) is 0 Å². The number of para-hydroxylation sites is 1. The van der Waals surface area contributed by atoms with E-state index in [1.54, 1.807) is 0 Å². The van der Waals surface area contributed by atoms with Crippen LogP contribution >= 0.6 is 0 Å². The Bertz CT molecular complexity index is 242. The number of nitrogens with zero attached hydrogens (tertiary/aromatic N) is 1. The Labute approximate surface area is 64.9 Å². The monoisotopic (exact) mass is 150 g/mol. The molecule has 0 saturated heterocycles. The van der Waals surface area contributed by atoms with Gasteiger partial charge in [0.1, 0.15) is 0 Å². The van der Waals surface area contributed by atoms with Gasteiger partial charge >= 0.3 is 0 Å². The maximum absolute atomic E-state index is 5.32. The van der Waals surface area contributed by atoms with E-state index in [4.69, 9.17) is 11.6 Å². The van der Waals surface area contributed by atoms with E-state index in [0.29, 0.717) is 0 Å². The molecule has 0 radical (unpaired) electrons. The fraction of sp³-hybridized carbons (Fsp3) is 0. The smallest absolute Gasteiger partial charge is 0.215 e. The van der Waals surface area contributed by atoms with Crippen LogP contribution in [0.3, 0.4) is 0 Å². The molecule has 4 nitrogen and oxygen atoms in total. The van der Waals surface area contributed by atoms with Gasteiger partial charge in [0.05, 0.1) is 0 Å².